The summed E-state index contributed by atoms with van der Waals surface area (Å²) in [6.07, 6.45) is -1.32. The molecule has 2 aromatic rings. The van der Waals surface area contributed by atoms with E-state index >= 15 is 0 Å². The van der Waals surface area contributed by atoms with Crippen LogP contribution in [0, 0.1) is 25.5 Å². The van der Waals surface area contributed by atoms with Gasteiger partial charge in [0.25, 0.3) is 0 Å². The van der Waals surface area contributed by atoms with Gasteiger partial charge in [-0.15, -0.1) is 0 Å². The Labute approximate surface area is 123 Å². The molecule has 0 aliphatic heterocycles. The molecule has 112 valence electrons. The zero-order valence-electron chi connectivity index (χ0n) is 12.1. The molecule has 2 rings (SSSR count). The van der Waals surface area contributed by atoms with E-state index in [1.807, 2.05) is 31.2 Å². The van der Waals surface area contributed by atoms with Crippen LogP contribution < -0.4 is 5.73 Å². The van der Waals surface area contributed by atoms with Crippen molar-refractivity contribution in [2.75, 3.05) is 6.54 Å². The fourth-order valence-electron chi connectivity index (χ4n) is 2.41. The smallest absolute Gasteiger partial charge is 0.134 e. The molecule has 2 nitrogen and oxygen atoms in total. The van der Waals surface area contributed by atoms with Crippen molar-refractivity contribution in [2.45, 2.75) is 25.9 Å². The molecular weight excluding hydrogens is 272 g/mol. The number of rotatable bonds is 4. The maximum Gasteiger partial charge on any atom is 0.134 e. The zero-order valence-corrected chi connectivity index (χ0v) is 12.1. The monoisotopic (exact) mass is 291 g/mol. The average molecular weight is 291 g/mol. The largest absolute Gasteiger partial charge is 0.388 e. The molecule has 2 unspecified atom stereocenters. The molecule has 0 aromatic heterocycles. The molecule has 0 radical (unpaired) electrons. The third kappa shape index (κ3) is 3.12. The predicted molar refractivity (Wildman–Crippen MR) is 79.0 cm³/mol. The predicted octanol–water partition coefficient (Wildman–Crippen LogP) is 3.36. The lowest BCUT2D eigenvalue weighted by atomic mass is 9.87. The van der Waals surface area contributed by atoms with E-state index < -0.39 is 23.7 Å². The molecular formula is C17H19F2NO. The van der Waals surface area contributed by atoms with Gasteiger partial charge in [0.1, 0.15) is 11.6 Å². The molecule has 4 heteroatoms. The highest BCUT2D eigenvalue weighted by atomic mass is 19.1. The maximum absolute atomic E-state index is 14.1. The van der Waals surface area contributed by atoms with Crippen LogP contribution in [-0.4, -0.2) is 11.7 Å². The second kappa shape index (κ2) is 6.33. The van der Waals surface area contributed by atoms with Crippen LogP contribution in [0.4, 0.5) is 8.78 Å². The van der Waals surface area contributed by atoms with E-state index in [9.17, 15) is 13.9 Å². The zero-order chi connectivity index (χ0) is 15.6. The number of benzene rings is 2. The summed E-state index contributed by atoms with van der Waals surface area (Å²) in [5.74, 6) is -2.03. The van der Waals surface area contributed by atoms with E-state index in [-0.39, 0.29) is 12.1 Å². The lowest BCUT2D eigenvalue weighted by Gasteiger charge is -2.23. The Kier molecular flexibility index (Phi) is 4.70. The minimum atomic E-state index is -1.32. The standard InChI is InChI=1S/C17H19F2NO/c1-10-3-6-12(7-4-10)13(9-20)17(21)15-14(18)8-5-11(2)16(15)19/h3-8,13,17,21H,9,20H2,1-2H3. The molecule has 0 spiro atoms. The molecule has 0 amide bonds. The fourth-order valence-corrected chi connectivity index (χ4v) is 2.41. The number of aliphatic hydroxyl groups excluding tert-OH is 1. The first-order valence-corrected chi connectivity index (χ1v) is 6.85. The third-order valence-corrected chi connectivity index (χ3v) is 3.76. The van der Waals surface area contributed by atoms with E-state index in [0.717, 1.165) is 11.1 Å². The number of aryl methyl sites for hydroxylation is 2. The molecule has 0 saturated carbocycles. The van der Waals surface area contributed by atoms with Crippen molar-refractivity contribution in [3.63, 3.8) is 0 Å². The van der Waals surface area contributed by atoms with Crippen LogP contribution in [0.1, 0.15) is 34.3 Å². The molecule has 21 heavy (non-hydrogen) atoms. The van der Waals surface area contributed by atoms with Crippen molar-refractivity contribution in [2.24, 2.45) is 5.73 Å². The first-order chi connectivity index (χ1) is 9.95. The molecule has 0 aliphatic rings. The van der Waals surface area contributed by atoms with Crippen molar-refractivity contribution in [1.82, 2.24) is 0 Å². The number of hydrogen-bond acceptors (Lipinski definition) is 2. The van der Waals surface area contributed by atoms with Crippen LogP contribution in [-0.2, 0) is 0 Å². The molecule has 3 N–H and O–H groups in total. The normalized spacial score (nSPS) is 14.0. The van der Waals surface area contributed by atoms with Crippen LogP contribution in [0.3, 0.4) is 0 Å². The summed E-state index contributed by atoms with van der Waals surface area (Å²) < 4.78 is 28.1. The van der Waals surface area contributed by atoms with Crippen molar-refractivity contribution in [3.05, 3.63) is 70.3 Å². The molecule has 2 atom stereocenters. The Morgan fingerprint density at radius 1 is 1.05 bits per heavy atom. The Morgan fingerprint density at radius 2 is 1.67 bits per heavy atom. The van der Waals surface area contributed by atoms with Gasteiger partial charge in [0, 0.05) is 12.5 Å². The van der Waals surface area contributed by atoms with Gasteiger partial charge in [-0.05, 0) is 31.0 Å². The highest BCUT2D eigenvalue weighted by molar-refractivity contribution is 5.33. The highest BCUT2D eigenvalue weighted by Gasteiger charge is 2.27. The van der Waals surface area contributed by atoms with Gasteiger partial charge in [0.15, 0.2) is 0 Å². The number of nitrogens with two attached hydrogens (primary N) is 1. The van der Waals surface area contributed by atoms with E-state index in [4.69, 9.17) is 5.73 Å². The fraction of sp³-hybridized carbons (Fsp3) is 0.294. The molecule has 0 fully saturated rings. The quantitative estimate of drug-likeness (QED) is 0.907. The van der Waals surface area contributed by atoms with Gasteiger partial charge in [0.2, 0.25) is 0 Å². The summed E-state index contributed by atoms with van der Waals surface area (Å²) in [5, 5.41) is 10.4. The SMILES string of the molecule is Cc1ccc(C(CN)C(O)c2c(F)ccc(C)c2F)cc1. The van der Waals surface area contributed by atoms with Crippen molar-refractivity contribution in [1.29, 1.82) is 0 Å². The van der Waals surface area contributed by atoms with Gasteiger partial charge in [0.05, 0.1) is 11.7 Å². The van der Waals surface area contributed by atoms with E-state index in [0.29, 0.717) is 5.56 Å². The van der Waals surface area contributed by atoms with Crippen molar-refractivity contribution >= 4 is 0 Å². The van der Waals surface area contributed by atoms with Gasteiger partial charge in [-0.2, -0.15) is 0 Å². The number of aliphatic hydroxyl groups is 1. The van der Waals surface area contributed by atoms with Gasteiger partial charge in [-0.3, -0.25) is 0 Å². The third-order valence-electron chi connectivity index (χ3n) is 3.76. The Hall–Kier alpha value is -1.78. The van der Waals surface area contributed by atoms with Crippen LogP contribution >= 0.6 is 0 Å². The average Bonchev–Trinajstić information content (AvgIpc) is 2.46. The van der Waals surface area contributed by atoms with E-state index in [1.165, 1.54) is 19.1 Å². The summed E-state index contributed by atoms with van der Waals surface area (Å²) in [7, 11) is 0. The van der Waals surface area contributed by atoms with Crippen LogP contribution in [0.25, 0.3) is 0 Å². The summed E-state index contributed by atoms with van der Waals surface area (Å²) in [4.78, 5) is 0. The molecule has 0 saturated heterocycles. The second-order valence-electron chi connectivity index (χ2n) is 5.29. The van der Waals surface area contributed by atoms with E-state index in [2.05, 4.69) is 0 Å². The summed E-state index contributed by atoms with van der Waals surface area (Å²) in [6.45, 7) is 3.57. The molecule has 0 aliphatic carbocycles. The van der Waals surface area contributed by atoms with Crippen LogP contribution in [0.2, 0.25) is 0 Å². The van der Waals surface area contributed by atoms with Gasteiger partial charge in [-0.25, -0.2) is 8.78 Å². The second-order valence-corrected chi connectivity index (χ2v) is 5.29. The van der Waals surface area contributed by atoms with Gasteiger partial charge < -0.3 is 10.8 Å². The summed E-state index contributed by atoms with van der Waals surface area (Å²) in [6, 6.07) is 9.93. The highest BCUT2D eigenvalue weighted by Crippen LogP contribution is 2.34. The topological polar surface area (TPSA) is 46.2 Å². The van der Waals surface area contributed by atoms with E-state index in [1.54, 1.807) is 0 Å². The first kappa shape index (κ1) is 15.6. The van der Waals surface area contributed by atoms with Crippen LogP contribution in [0.15, 0.2) is 36.4 Å². The van der Waals surface area contributed by atoms with Crippen molar-refractivity contribution < 1.29 is 13.9 Å². The van der Waals surface area contributed by atoms with Gasteiger partial charge >= 0.3 is 0 Å². The summed E-state index contributed by atoms with van der Waals surface area (Å²) in [5.41, 5.74) is 7.52. The summed E-state index contributed by atoms with van der Waals surface area (Å²) >= 11 is 0. The first-order valence-electron chi connectivity index (χ1n) is 6.85. The van der Waals surface area contributed by atoms with Gasteiger partial charge in [-0.1, -0.05) is 35.9 Å². The lowest BCUT2D eigenvalue weighted by molar-refractivity contribution is 0.138. The maximum atomic E-state index is 14.1. The lowest BCUT2D eigenvalue weighted by Crippen LogP contribution is -2.22. The molecule has 0 heterocycles. The molecule has 2 aromatic carbocycles. The Balaban J connectivity index is 2.43. The molecule has 0 bridgehead atoms. The number of halogens is 2. The minimum Gasteiger partial charge on any atom is -0.388 e. The minimum absolute atomic E-state index is 0.0943. The number of hydrogen-bond donors (Lipinski definition) is 2. The Morgan fingerprint density at radius 3 is 2.24 bits per heavy atom. The Bertz CT molecular complexity index is 625. The van der Waals surface area contributed by atoms with Crippen LogP contribution in [0.5, 0.6) is 0 Å². The van der Waals surface area contributed by atoms with Crippen molar-refractivity contribution in [3.8, 4) is 0 Å².